The smallest absolute Gasteiger partial charge is 0.160 e. The molecule has 17 heavy (non-hydrogen) atoms. The maximum atomic E-state index is 13.1. The summed E-state index contributed by atoms with van der Waals surface area (Å²) in [4.78, 5) is 4.20. The molecule has 3 nitrogen and oxygen atoms in total. The number of piperazine rings is 1. The number of nitrogens with zero attached hydrogens (tertiary/aromatic N) is 2. The van der Waals surface area contributed by atoms with Crippen LogP contribution in [0.15, 0.2) is 18.2 Å². The fourth-order valence-electron chi connectivity index (χ4n) is 1.96. The molecular formula is C12H17F2N3. The molecule has 0 amide bonds. The molecular weight excluding hydrogens is 224 g/mol. The highest BCUT2D eigenvalue weighted by atomic mass is 19.2. The van der Waals surface area contributed by atoms with Crippen LogP contribution in [0.3, 0.4) is 0 Å². The van der Waals surface area contributed by atoms with Gasteiger partial charge in [-0.25, -0.2) is 8.78 Å². The zero-order chi connectivity index (χ0) is 12.3. The minimum Gasteiger partial charge on any atom is -0.362 e. The van der Waals surface area contributed by atoms with E-state index in [0.29, 0.717) is 5.69 Å². The van der Waals surface area contributed by atoms with Gasteiger partial charge in [-0.2, -0.15) is 0 Å². The first kappa shape index (κ1) is 12.3. The van der Waals surface area contributed by atoms with Crippen LogP contribution in [0.25, 0.3) is 0 Å². The Morgan fingerprint density at radius 1 is 1.24 bits per heavy atom. The molecule has 0 spiro atoms. The molecule has 0 aliphatic carbocycles. The molecule has 94 valence electrons. The Balaban J connectivity index is 1.98. The predicted molar refractivity (Wildman–Crippen MR) is 64.1 cm³/mol. The Kier molecular flexibility index (Phi) is 3.91. The van der Waals surface area contributed by atoms with Gasteiger partial charge >= 0.3 is 0 Å². The number of nitrogens with one attached hydrogen (secondary N) is 1. The van der Waals surface area contributed by atoms with Crippen molar-refractivity contribution in [3.8, 4) is 0 Å². The summed E-state index contributed by atoms with van der Waals surface area (Å²) < 4.78 is 25.9. The summed E-state index contributed by atoms with van der Waals surface area (Å²) in [6, 6.07) is 4.00. The molecule has 5 heteroatoms. The van der Waals surface area contributed by atoms with E-state index in [0.717, 1.165) is 32.8 Å². The zero-order valence-electron chi connectivity index (χ0n) is 9.92. The Morgan fingerprint density at radius 2 is 1.94 bits per heavy atom. The van der Waals surface area contributed by atoms with Gasteiger partial charge < -0.3 is 10.2 Å². The molecule has 1 aromatic carbocycles. The van der Waals surface area contributed by atoms with Crippen molar-refractivity contribution in [2.75, 3.05) is 44.8 Å². The molecule has 2 rings (SSSR count). The van der Waals surface area contributed by atoms with Crippen molar-refractivity contribution in [3.63, 3.8) is 0 Å². The van der Waals surface area contributed by atoms with E-state index < -0.39 is 11.6 Å². The second-order valence-electron chi connectivity index (χ2n) is 4.31. The van der Waals surface area contributed by atoms with Gasteiger partial charge in [-0.05, 0) is 12.1 Å². The number of hydrogen-bond acceptors (Lipinski definition) is 3. The molecule has 0 aromatic heterocycles. The summed E-state index contributed by atoms with van der Waals surface area (Å²) in [7, 11) is 1.88. The van der Waals surface area contributed by atoms with Gasteiger partial charge in [-0.3, -0.25) is 4.90 Å². The van der Waals surface area contributed by atoms with E-state index in [1.54, 1.807) is 6.07 Å². The fraction of sp³-hybridized carbons (Fsp3) is 0.500. The fourth-order valence-corrected chi connectivity index (χ4v) is 1.96. The van der Waals surface area contributed by atoms with Gasteiger partial charge in [0.05, 0.1) is 6.67 Å². The van der Waals surface area contributed by atoms with Gasteiger partial charge in [-0.15, -0.1) is 0 Å². The normalized spacial score (nSPS) is 17.1. The Bertz CT molecular complexity index is 378. The molecule has 1 saturated heterocycles. The number of halogens is 2. The number of rotatable bonds is 3. The molecule has 0 radical (unpaired) electrons. The van der Waals surface area contributed by atoms with Crippen molar-refractivity contribution in [2.24, 2.45) is 0 Å². The van der Waals surface area contributed by atoms with Crippen molar-refractivity contribution in [2.45, 2.75) is 0 Å². The predicted octanol–water partition coefficient (Wildman–Crippen LogP) is 1.26. The SMILES string of the molecule is CN(CN1CCNCC1)c1ccc(F)c(F)c1. The summed E-state index contributed by atoms with van der Waals surface area (Å²) in [5, 5.41) is 3.27. The molecule has 0 saturated carbocycles. The molecule has 1 heterocycles. The average Bonchev–Trinajstić information content (AvgIpc) is 2.34. The van der Waals surface area contributed by atoms with Crippen LogP contribution >= 0.6 is 0 Å². The molecule has 1 aromatic rings. The lowest BCUT2D eigenvalue weighted by molar-refractivity contribution is 0.243. The number of hydrogen-bond donors (Lipinski definition) is 1. The number of anilines is 1. The lowest BCUT2D eigenvalue weighted by Crippen LogP contribution is -2.47. The minimum atomic E-state index is -0.802. The van der Waals surface area contributed by atoms with Gasteiger partial charge in [-0.1, -0.05) is 0 Å². The monoisotopic (exact) mass is 241 g/mol. The topological polar surface area (TPSA) is 18.5 Å². The van der Waals surface area contributed by atoms with Crippen molar-refractivity contribution < 1.29 is 8.78 Å². The van der Waals surface area contributed by atoms with Crippen LogP contribution in [0.4, 0.5) is 14.5 Å². The van der Waals surface area contributed by atoms with Gasteiger partial charge in [0.1, 0.15) is 0 Å². The molecule has 1 aliphatic rings. The van der Waals surface area contributed by atoms with E-state index in [2.05, 4.69) is 10.2 Å². The second kappa shape index (κ2) is 5.42. The third-order valence-electron chi connectivity index (χ3n) is 2.97. The van der Waals surface area contributed by atoms with E-state index >= 15 is 0 Å². The third kappa shape index (κ3) is 3.14. The Hall–Kier alpha value is -1.20. The van der Waals surface area contributed by atoms with Crippen LogP contribution in [0.5, 0.6) is 0 Å². The van der Waals surface area contributed by atoms with E-state index in [9.17, 15) is 8.78 Å². The van der Waals surface area contributed by atoms with Gasteiger partial charge in [0.15, 0.2) is 11.6 Å². The summed E-state index contributed by atoms with van der Waals surface area (Å²) >= 11 is 0. The Labute approximate surface area is 100 Å². The first-order valence-corrected chi connectivity index (χ1v) is 5.76. The first-order chi connectivity index (χ1) is 8.16. The lowest BCUT2D eigenvalue weighted by Gasteiger charge is -2.32. The van der Waals surface area contributed by atoms with Gasteiger partial charge in [0.2, 0.25) is 0 Å². The lowest BCUT2D eigenvalue weighted by atomic mass is 10.3. The summed E-state index contributed by atoms with van der Waals surface area (Å²) in [6.45, 7) is 4.64. The summed E-state index contributed by atoms with van der Waals surface area (Å²) in [5.41, 5.74) is 0.697. The van der Waals surface area contributed by atoms with Crippen LogP contribution in [0, 0.1) is 11.6 Å². The average molecular weight is 241 g/mol. The molecule has 1 N–H and O–H groups in total. The van der Waals surface area contributed by atoms with Crippen LogP contribution in [-0.2, 0) is 0 Å². The van der Waals surface area contributed by atoms with Crippen LogP contribution in [0.1, 0.15) is 0 Å². The van der Waals surface area contributed by atoms with Crippen molar-refractivity contribution in [1.82, 2.24) is 10.2 Å². The van der Waals surface area contributed by atoms with Crippen LogP contribution in [-0.4, -0.2) is 44.8 Å². The van der Waals surface area contributed by atoms with Crippen molar-refractivity contribution in [3.05, 3.63) is 29.8 Å². The summed E-state index contributed by atoms with van der Waals surface area (Å²) in [6.07, 6.45) is 0. The van der Waals surface area contributed by atoms with Gasteiger partial charge in [0.25, 0.3) is 0 Å². The Morgan fingerprint density at radius 3 is 2.59 bits per heavy atom. The zero-order valence-corrected chi connectivity index (χ0v) is 9.92. The molecule has 0 bridgehead atoms. The maximum Gasteiger partial charge on any atom is 0.160 e. The van der Waals surface area contributed by atoms with Crippen LogP contribution < -0.4 is 10.2 Å². The first-order valence-electron chi connectivity index (χ1n) is 5.76. The second-order valence-corrected chi connectivity index (χ2v) is 4.31. The molecule has 1 aliphatic heterocycles. The summed E-state index contributed by atoms with van der Waals surface area (Å²) in [5.74, 6) is -1.60. The van der Waals surface area contributed by atoms with Crippen LogP contribution in [0.2, 0.25) is 0 Å². The highest BCUT2D eigenvalue weighted by molar-refractivity contribution is 5.45. The largest absolute Gasteiger partial charge is 0.362 e. The standard InChI is InChI=1S/C12H17F2N3/c1-16(9-17-6-4-15-5-7-17)10-2-3-11(13)12(14)8-10/h2-3,8,15H,4-7,9H2,1H3. The van der Waals surface area contributed by atoms with Crippen molar-refractivity contribution in [1.29, 1.82) is 0 Å². The van der Waals surface area contributed by atoms with Crippen molar-refractivity contribution >= 4 is 5.69 Å². The van der Waals surface area contributed by atoms with Gasteiger partial charge in [0, 0.05) is 45.0 Å². The minimum absolute atomic E-state index is 0.697. The highest BCUT2D eigenvalue weighted by Gasteiger charge is 2.13. The van der Waals surface area contributed by atoms with E-state index in [-0.39, 0.29) is 0 Å². The third-order valence-corrected chi connectivity index (χ3v) is 2.97. The maximum absolute atomic E-state index is 13.1. The van der Waals surface area contributed by atoms with E-state index in [1.165, 1.54) is 12.1 Å². The van der Waals surface area contributed by atoms with E-state index in [1.807, 2.05) is 11.9 Å². The number of benzene rings is 1. The van der Waals surface area contributed by atoms with E-state index in [4.69, 9.17) is 0 Å². The highest BCUT2D eigenvalue weighted by Crippen LogP contribution is 2.16. The molecule has 0 unspecified atom stereocenters. The molecule has 1 fully saturated rings. The quantitative estimate of drug-likeness (QED) is 0.859. The molecule has 0 atom stereocenters.